The first-order valence-electron chi connectivity index (χ1n) is 4.08. The van der Waals surface area contributed by atoms with E-state index in [1.54, 1.807) is 7.11 Å². The van der Waals surface area contributed by atoms with Crippen LogP contribution in [0.1, 0.15) is 6.42 Å². The molecule has 1 aliphatic heterocycles. The Hall–Kier alpha value is -0.570. The molecule has 3 heteroatoms. The highest BCUT2D eigenvalue weighted by Crippen LogP contribution is 2.44. The van der Waals surface area contributed by atoms with Gasteiger partial charge in [0, 0.05) is 20.2 Å². The highest BCUT2D eigenvalue weighted by molar-refractivity contribution is 5.77. The van der Waals surface area contributed by atoms with E-state index in [2.05, 4.69) is 0 Å². The van der Waals surface area contributed by atoms with Crippen LogP contribution in [0.15, 0.2) is 0 Å². The van der Waals surface area contributed by atoms with Crippen molar-refractivity contribution in [3.8, 4) is 0 Å². The van der Waals surface area contributed by atoms with E-state index in [0.29, 0.717) is 0 Å². The standard InChI is InChI=1S/C8H13NO2/c1-11-5-8(10)9-3-6-2-7(6)4-9/h6-7H,2-5H2,1H3. The van der Waals surface area contributed by atoms with Crippen molar-refractivity contribution in [3.05, 3.63) is 0 Å². The number of hydrogen-bond acceptors (Lipinski definition) is 2. The molecule has 1 saturated heterocycles. The number of carbonyl (C=O) groups is 1. The van der Waals surface area contributed by atoms with Crippen molar-refractivity contribution in [2.75, 3.05) is 26.8 Å². The molecule has 0 aromatic heterocycles. The largest absolute Gasteiger partial charge is 0.375 e. The van der Waals surface area contributed by atoms with Gasteiger partial charge in [0.1, 0.15) is 6.61 Å². The monoisotopic (exact) mass is 155 g/mol. The highest BCUT2D eigenvalue weighted by Gasteiger charge is 2.46. The topological polar surface area (TPSA) is 29.5 Å². The fourth-order valence-electron chi connectivity index (χ4n) is 1.82. The summed E-state index contributed by atoms with van der Waals surface area (Å²) in [5, 5.41) is 0. The Morgan fingerprint density at radius 3 is 2.73 bits per heavy atom. The van der Waals surface area contributed by atoms with Gasteiger partial charge in [-0.2, -0.15) is 0 Å². The van der Waals surface area contributed by atoms with Crippen molar-refractivity contribution in [2.45, 2.75) is 6.42 Å². The number of methoxy groups -OCH3 is 1. The van der Waals surface area contributed by atoms with Crippen molar-refractivity contribution in [1.82, 2.24) is 4.90 Å². The molecular formula is C8H13NO2. The van der Waals surface area contributed by atoms with Crippen LogP contribution in [0.3, 0.4) is 0 Å². The van der Waals surface area contributed by atoms with Gasteiger partial charge in [0.25, 0.3) is 0 Å². The van der Waals surface area contributed by atoms with Gasteiger partial charge in [-0.15, -0.1) is 0 Å². The number of nitrogens with zero attached hydrogens (tertiary/aromatic N) is 1. The maximum Gasteiger partial charge on any atom is 0.248 e. The van der Waals surface area contributed by atoms with Gasteiger partial charge in [0.15, 0.2) is 0 Å². The predicted octanol–water partition coefficient (Wildman–Crippen LogP) is 0.111. The van der Waals surface area contributed by atoms with E-state index in [1.807, 2.05) is 4.90 Å². The number of rotatable bonds is 2. The first-order chi connectivity index (χ1) is 5.31. The zero-order chi connectivity index (χ0) is 7.84. The summed E-state index contributed by atoms with van der Waals surface area (Å²) in [6.07, 6.45) is 1.34. The molecule has 2 aliphatic rings. The van der Waals surface area contributed by atoms with Gasteiger partial charge in [-0.1, -0.05) is 0 Å². The lowest BCUT2D eigenvalue weighted by Gasteiger charge is -2.16. The molecule has 1 heterocycles. The van der Waals surface area contributed by atoms with E-state index in [4.69, 9.17) is 4.74 Å². The molecule has 62 valence electrons. The molecule has 0 radical (unpaired) electrons. The number of amides is 1. The third-order valence-corrected chi connectivity index (χ3v) is 2.60. The van der Waals surface area contributed by atoms with Crippen molar-refractivity contribution in [3.63, 3.8) is 0 Å². The fraction of sp³-hybridized carbons (Fsp3) is 0.875. The maximum absolute atomic E-state index is 11.2. The van der Waals surface area contributed by atoms with E-state index in [9.17, 15) is 4.79 Å². The van der Waals surface area contributed by atoms with Gasteiger partial charge >= 0.3 is 0 Å². The minimum absolute atomic E-state index is 0.153. The second-order valence-electron chi connectivity index (χ2n) is 3.49. The summed E-state index contributed by atoms with van der Waals surface area (Å²) in [6, 6.07) is 0. The van der Waals surface area contributed by atoms with Crippen LogP contribution in [0.4, 0.5) is 0 Å². The van der Waals surface area contributed by atoms with E-state index in [1.165, 1.54) is 6.42 Å². The second kappa shape index (κ2) is 2.48. The Morgan fingerprint density at radius 2 is 2.18 bits per heavy atom. The van der Waals surface area contributed by atoms with Crippen molar-refractivity contribution >= 4 is 5.91 Å². The molecule has 1 amide bonds. The van der Waals surface area contributed by atoms with Crippen LogP contribution >= 0.6 is 0 Å². The summed E-state index contributed by atoms with van der Waals surface area (Å²) >= 11 is 0. The fourth-order valence-corrected chi connectivity index (χ4v) is 1.82. The molecule has 3 nitrogen and oxygen atoms in total. The number of ether oxygens (including phenoxy) is 1. The quantitative estimate of drug-likeness (QED) is 0.566. The van der Waals surface area contributed by atoms with Crippen molar-refractivity contribution in [2.24, 2.45) is 11.8 Å². The van der Waals surface area contributed by atoms with Gasteiger partial charge in [-0.05, 0) is 18.3 Å². The molecule has 0 N–H and O–H groups in total. The van der Waals surface area contributed by atoms with Crippen LogP contribution in [0, 0.1) is 11.8 Å². The van der Waals surface area contributed by atoms with Crippen LogP contribution < -0.4 is 0 Å². The number of likely N-dealkylation sites (tertiary alicyclic amines) is 1. The van der Waals surface area contributed by atoms with Gasteiger partial charge in [0.2, 0.25) is 5.91 Å². The van der Waals surface area contributed by atoms with Crippen LogP contribution in [-0.2, 0) is 9.53 Å². The maximum atomic E-state index is 11.2. The van der Waals surface area contributed by atoms with Crippen molar-refractivity contribution in [1.29, 1.82) is 0 Å². The van der Waals surface area contributed by atoms with E-state index in [-0.39, 0.29) is 12.5 Å². The molecule has 0 spiro atoms. The molecule has 2 rings (SSSR count). The molecular weight excluding hydrogens is 142 g/mol. The molecule has 0 bridgehead atoms. The minimum Gasteiger partial charge on any atom is -0.375 e. The molecule has 2 fully saturated rings. The smallest absolute Gasteiger partial charge is 0.248 e. The Bertz CT molecular complexity index is 171. The molecule has 1 saturated carbocycles. The Kier molecular flexibility index (Phi) is 1.60. The number of hydrogen-bond donors (Lipinski definition) is 0. The Labute approximate surface area is 66.3 Å². The summed E-state index contributed by atoms with van der Waals surface area (Å²) in [5.41, 5.74) is 0. The summed E-state index contributed by atoms with van der Waals surface area (Å²) in [4.78, 5) is 13.1. The number of carbonyl (C=O) groups excluding carboxylic acids is 1. The molecule has 1 aliphatic carbocycles. The average molecular weight is 155 g/mol. The molecule has 11 heavy (non-hydrogen) atoms. The van der Waals surface area contributed by atoms with Gasteiger partial charge in [0.05, 0.1) is 0 Å². The summed E-state index contributed by atoms with van der Waals surface area (Å²) < 4.78 is 4.77. The summed E-state index contributed by atoms with van der Waals surface area (Å²) in [5.74, 6) is 1.81. The molecule has 0 aromatic rings. The van der Waals surface area contributed by atoms with Crippen LogP contribution in [-0.4, -0.2) is 37.6 Å². The van der Waals surface area contributed by atoms with Gasteiger partial charge < -0.3 is 9.64 Å². The molecule has 2 atom stereocenters. The lowest BCUT2D eigenvalue weighted by atomic mass is 10.4. The van der Waals surface area contributed by atoms with E-state index in [0.717, 1.165) is 24.9 Å². The zero-order valence-electron chi connectivity index (χ0n) is 6.75. The average Bonchev–Trinajstić information content (AvgIpc) is 2.59. The zero-order valence-corrected chi connectivity index (χ0v) is 6.75. The first-order valence-corrected chi connectivity index (χ1v) is 4.08. The third kappa shape index (κ3) is 1.25. The highest BCUT2D eigenvalue weighted by atomic mass is 16.5. The third-order valence-electron chi connectivity index (χ3n) is 2.60. The summed E-state index contributed by atoms with van der Waals surface area (Å²) in [7, 11) is 1.56. The lowest BCUT2D eigenvalue weighted by Crippen LogP contribution is -2.33. The van der Waals surface area contributed by atoms with Gasteiger partial charge in [-0.25, -0.2) is 0 Å². The van der Waals surface area contributed by atoms with Crippen LogP contribution in [0.5, 0.6) is 0 Å². The van der Waals surface area contributed by atoms with Crippen molar-refractivity contribution < 1.29 is 9.53 Å². The Morgan fingerprint density at radius 1 is 1.55 bits per heavy atom. The lowest BCUT2D eigenvalue weighted by molar-refractivity contribution is -0.134. The van der Waals surface area contributed by atoms with Crippen LogP contribution in [0.2, 0.25) is 0 Å². The van der Waals surface area contributed by atoms with Gasteiger partial charge in [-0.3, -0.25) is 4.79 Å². The Balaban J connectivity index is 1.82. The minimum atomic E-state index is 0.153. The SMILES string of the molecule is COCC(=O)N1CC2CC2C1. The second-order valence-corrected chi connectivity index (χ2v) is 3.49. The van der Waals surface area contributed by atoms with E-state index < -0.39 is 0 Å². The normalized spacial score (nSPS) is 33.7. The van der Waals surface area contributed by atoms with E-state index >= 15 is 0 Å². The predicted molar refractivity (Wildman–Crippen MR) is 40.1 cm³/mol. The molecule has 0 aromatic carbocycles. The number of piperidine rings is 1. The number of fused-ring (bicyclic) bond motifs is 1. The first kappa shape index (κ1) is 7.10. The summed E-state index contributed by atoms with van der Waals surface area (Å²) in [6.45, 7) is 2.21. The molecule has 2 unspecified atom stereocenters. The van der Waals surface area contributed by atoms with Crippen LogP contribution in [0.25, 0.3) is 0 Å².